The van der Waals surface area contributed by atoms with Crippen molar-refractivity contribution in [1.82, 2.24) is 4.90 Å². The van der Waals surface area contributed by atoms with Crippen molar-refractivity contribution >= 4 is 23.2 Å². The van der Waals surface area contributed by atoms with E-state index in [1.807, 2.05) is 48.5 Å². The third-order valence-corrected chi connectivity index (χ3v) is 7.03. The van der Waals surface area contributed by atoms with Crippen molar-refractivity contribution < 1.29 is 9.53 Å². The van der Waals surface area contributed by atoms with E-state index in [-0.39, 0.29) is 5.91 Å². The number of piperidine rings is 1. The minimum absolute atomic E-state index is 0.0771. The molecule has 5 heteroatoms. The number of carbonyl (C=O) groups is 1. The average molecular weight is 441 g/mol. The molecule has 1 amide bonds. The molecule has 31 heavy (non-hydrogen) atoms. The molecular weight excluding hydrogens is 408 g/mol. The zero-order valence-corrected chi connectivity index (χ0v) is 19.0. The van der Waals surface area contributed by atoms with Gasteiger partial charge in [0.2, 0.25) is 5.91 Å². The van der Waals surface area contributed by atoms with E-state index in [9.17, 15) is 4.79 Å². The van der Waals surface area contributed by atoms with Gasteiger partial charge in [-0.25, -0.2) is 0 Å². The van der Waals surface area contributed by atoms with Crippen LogP contribution in [0, 0.1) is 0 Å². The molecule has 0 bridgehead atoms. The van der Waals surface area contributed by atoms with Gasteiger partial charge in [0.15, 0.2) is 0 Å². The number of rotatable bonds is 7. The molecule has 4 nitrogen and oxygen atoms in total. The van der Waals surface area contributed by atoms with Crippen LogP contribution >= 0.6 is 11.6 Å². The van der Waals surface area contributed by atoms with Crippen LogP contribution in [0.4, 0.5) is 5.69 Å². The lowest BCUT2D eigenvalue weighted by molar-refractivity contribution is -0.122. The van der Waals surface area contributed by atoms with E-state index in [0.717, 1.165) is 49.2 Å². The summed E-state index contributed by atoms with van der Waals surface area (Å²) < 4.78 is 5.92. The van der Waals surface area contributed by atoms with Gasteiger partial charge in [0.05, 0.1) is 5.41 Å². The largest absolute Gasteiger partial charge is 0.492 e. The quantitative estimate of drug-likeness (QED) is 0.570. The molecule has 2 aromatic rings. The van der Waals surface area contributed by atoms with E-state index >= 15 is 0 Å². The minimum Gasteiger partial charge on any atom is -0.492 e. The number of likely N-dealkylation sites (tertiary alicyclic amines) is 1. The number of amides is 1. The second-order valence-electron chi connectivity index (χ2n) is 8.88. The van der Waals surface area contributed by atoms with E-state index in [4.69, 9.17) is 16.3 Å². The molecule has 2 aromatic carbocycles. The summed E-state index contributed by atoms with van der Waals surface area (Å²) in [5.41, 5.74) is 1.39. The average Bonchev–Trinajstić information content (AvgIpc) is 2.82. The van der Waals surface area contributed by atoms with Crippen molar-refractivity contribution in [2.45, 2.75) is 56.8 Å². The molecular formula is C26H33ClN2O2. The highest BCUT2D eigenvalue weighted by Crippen LogP contribution is 2.41. The Labute approximate surface area is 190 Å². The topological polar surface area (TPSA) is 41.6 Å². The Bertz CT molecular complexity index is 839. The monoisotopic (exact) mass is 440 g/mol. The molecule has 1 heterocycles. The Morgan fingerprint density at radius 3 is 2.23 bits per heavy atom. The number of ether oxygens (including phenoxy) is 1. The number of hydrogen-bond acceptors (Lipinski definition) is 3. The normalized spacial score (nSPS) is 19.0. The maximum absolute atomic E-state index is 13.4. The van der Waals surface area contributed by atoms with Gasteiger partial charge in [0.25, 0.3) is 0 Å². The van der Waals surface area contributed by atoms with Crippen molar-refractivity contribution in [3.63, 3.8) is 0 Å². The number of carbonyl (C=O) groups excluding carboxylic acids is 1. The molecule has 0 unspecified atom stereocenters. The van der Waals surface area contributed by atoms with Crippen LogP contribution < -0.4 is 10.1 Å². The number of anilines is 1. The molecule has 1 N–H and O–H groups in total. The maximum Gasteiger partial charge on any atom is 0.235 e. The van der Waals surface area contributed by atoms with Gasteiger partial charge in [-0.2, -0.15) is 0 Å². The van der Waals surface area contributed by atoms with Crippen molar-refractivity contribution in [1.29, 1.82) is 0 Å². The first-order valence-corrected chi connectivity index (χ1v) is 12.1. The van der Waals surface area contributed by atoms with Crippen LogP contribution in [0.2, 0.25) is 5.02 Å². The molecule has 4 rings (SSSR count). The molecule has 1 aliphatic heterocycles. The molecule has 0 spiro atoms. The van der Waals surface area contributed by atoms with Crippen molar-refractivity contribution in [2.75, 3.05) is 31.6 Å². The van der Waals surface area contributed by atoms with E-state index < -0.39 is 5.41 Å². The van der Waals surface area contributed by atoms with Crippen LogP contribution in [0.1, 0.15) is 56.9 Å². The van der Waals surface area contributed by atoms with E-state index in [0.29, 0.717) is 11.6 Å². The number of halogens is 1. The summed E-state index contributed by atoms with van der Waals surface area (Å²) in [4.78, 5) is 15.9. The lowest BCUT2D eigenvalue weighted by Crippen LogP contribution is -2.42. The van der Waals surface area contributed by atoms with Crippen molar-refractivity contribution in [3.05, 3.63) is 59.1 Å². The zero-order chi connectivity index (χ0) is 21.5. The highest BCUT2D eigenvalue weighted by atomic mass is 35.5. The lowest BCUT2D eigenvalue weighted by Gasteiger charge is -2.36. The fourth-order valence-corrected chi connectivity index (χ4v) is 5.06. The number of nitrogens with zero attached hydrogens (tertiary/aromatic N) is 1. The Balaban J connectivity index is 1.36. The van der Waals surface area contributed by atoms with Gasteiger partial charge in [-0.15, -0.1) is 0 Å². The molecule has 1 saturated carbocycles. The van der Waals surface area contributed by atoms with Crippen molar-refractivity contribution in [2.24, 2.45) is 0 Å². The third-order valence-electron chi connectivity index (χ3n) is 6.78. The van der Waals surface area contributed by atoms with Crippen LogP contribution in [0.3, 0.4) is 0 Å². The molecule has 0 atom stereocenters. The highest BCUT2D eigenvalue weighted by molar-refractivity contribution is 6.30. The van der Waals surface area contributed by atoms with Gasteiger partial charge in [0, 0.05) is 17.3 Å². The van der Waals surface area contributed by atoms with E-state index in [2.05, 4.69) is 10.2 Å². The fraction of sp³-hybridized carbons (Fsp3) is 0.500. The summed E-state index contributed by atoms with van der Waals surface area (Å²) in [5, 5.41) is 3.86. The first-order chi connectivity index (χ1) is 15.2. The SMILES string of the molecule is O=C(Nc1ccc(OCCN2CCCCC2)cc1)C1(c2ccc(Cl)cc2)CCCCC1. The second kappa shape index (κ2) is 10.5. The Morgan fingerprint density at radius 2 is 1.55 bits per heavy atom. The van der Waals surface area contributed by atoms with Crippen LogP contribution in [-0.2, 0) is 10.2 Å². The molecule has 0 radical (unpaired) electrons. The molecule has 1 aliphatic carbocycles. The van der Waals surface area contributed by atoms with Gasteiger partial charge < -0.3 is 10.1 Å². The van der Waals surface area contributed by atoms with Gasteiger partial charge in [-0.1, -0.05) is 49.4 Å². The second-order valence-corrected chi connectivity index (χ2v) is 9.32. The summed E-state index contributed by atoms with van der Waals surface area (Å²) in [6, 6.07) is 15.6. The van der Waals surface area contributed by atoms with Crippen LogP contribution in [0.15, 0.2) is 48.5 Å². The third kappa shape index (κ3) is 5.61. The number of benzene rings is 2. The summed E-state index contributed by atoms with van der Waals surface area (Å²) in [7, 11) is 0. The molecule has 1 saturated heterocycles. The summed E-state index contributed by atoms with van der Waals surface area (Å²) >= 11 is 6.09. The maximum atomic E-state index is 13.4. The first-order valence-electron chi connectivity index (χ1n) is 11.7. The predicted molar refractivity (Wildman–Crippen MR) is 127 cm³/mol. The Kier molecular flexibility index (Phi) is 7.52. The molecule has 2 aliphatic rings. The van der Waals surface area contributed by atoms with Gasteiger partial charge >= 0.3 is 0 Å². The Morgan fingerprint density at radius 1 is 0.903 bits per heavy atom. The molecule has 2 fully saturated rings. The predicted octanol–water partition coefficient (Wildman–Crippen LogP) is 6.05. The first kappa shape index (κ1) is 22.2. The van der Waals surface area contributed by atoms with Gasteiger partial charge in [-0.05, 0) is 80.7 Å². The van der Waals surface area contributed by atoms with Crippen LogP contribution in [0.25, 0.3) is 0 Å². The van der Waals surface area contributed by atoms with E-state index in [1.165, 1.54) is 38.8 Å². The molecule has 0 aromatic heterocycles. The van der Waals surface area contributed by atoms with Gasteiger partial charge in [0.1, 0.15) is 12.4 Å². The molecule has 166 valence electrons. The highest BCUT2D eigenvalue weighted by Gasteiger charge is 2.41. The van der Waals surface area contributed by atoms with Crippen molar-refractivity contribution in [3.8, 4) is 5.75 Å². The minimum atomic E-state index is -0.480. The Hall–Kier alpha value is -2.04. The van der Waals surface area contributed by atoms with Crippen LogP contribution in [0.5, 0.6) is 5.75 Å². The van der Waals surface area contributed by atoms with Gasteiger partial charge in [-0.3, -0.25) is 9.69 Å². The summed E-state index contributed by atoms with van der Waals surface area (Å²) in [6.07, 6.45) is 9.02. The number of hydrogen-bond donors (Lipinski definition) is 1. The van der Waals surface area contributed by atoms with Crippen LogP contribution in [-0.4, -0.2) is 37.0 Å². The lowest BCUT2D eigenvalue weighted by atomic mass is 9.68. The van der Waals surface area contributed by atoms with E-state index in [1.54, 1.807) is 0 Å². The number of nitrogens with one attached hydrogen (secondary N) is 1. The smallest absolute Gasteiger partial charge is 0.235 e. The summed E-state index contributed by atoms with van der Waals surface area (Å²) in [5.74, 6) is 0.924. The fourth-order valence-electron chi connectivity index (χ4n) is 4.93. The zero-order valence-electron chi connectivity index (χ0n) is 18.2. The summed E-state index contributed by atoms with van der Waals surface area (Å²) in [6.45, 7) is 4.04. The standard InChI is InChI=1S/C26H33ClN2O2/c27-22-9-7-21(8-10-22)26(15-3-1-4-16-26)25(30)28-23-11-13-24(14-12-23)31-20-19-29-17-5-2-6-18-29/h7-14H,1-6,15-20H2,(H,28,30).